The van der Waals surface area contributed by atoms with Crippen molar-refractivity contribution in [2.75, 3.05) is 11.9 Å². The van der Waals surface area contributed by atoms with Gasteiger partial charge in [-0.15, -0.1) is 17.8 Å². The molecule has 0 atom stereocenters. The van der Waals surface area contributed by atoms with E-state index in [0.717, 1.165) is 16.2 Å². The number of carbonyl (C=O) groups excluding carboxylic acids is 1. The Morgan fingerprint density at radius 3 is 2.53 bits per heavy atom. The minimum atomic E-state index is -3.69. The summed E-state index contributed by atoms with van der Waals surface area (Å²) in [6.07, 6.45) is 8.97. The minimum absolute atomic E-state index is 0.0404. The van der Waals surface area contributed by atoms with E-state index in [1.54, 1.807) is 23.5 Å². The van der Waals surface area contributed by atoms with Gasteiger partial charge in [-0.2, -0.15) is 4.72 Å². The average molecular weight is 437 g/mol. The van der Waals surface area contributed by atoms with Crippen LogP contribution in [0.25, 0.3) is 16.2 Å². The highest BCUT2D eigenvalue weighted by atomic mass is 32.2. The molecular formula is C21H16N4O3S2. The second-order valence-corrected chi connectivity index (χ2v) is 8.94. The van der Waals surface area contributed by atoms with Gasteiger partial charge >= 0.3 is 0 Å². The molecule has 2 aromatic heterocycles. The van der Waals surface area contributed by atoms with E-state index < -0.39 is 10.0 Å². The molecule has 0 saturated carbocycles. The topological polar surface area (TPSA) is 92.6 Å². The van der Waals surface area contributed by atoms with Crippen LogP contribution < -0.4 is 10.0 Å². The van der Waals surface area contributed by atoms with Gasteiger partial charge in [0.2, 0.25) is 10.0 Å². The lowest BCUT2D eigenvalue weighted by molar-refractivity contribution is 0.102. The Bertz CT molecular complexity index is 1320. The molecule has 2 heterocycles. The van der Waals surface area contributed by atoms with Crippen molar-refractivity contribution in [1.82, 2.24) is 14.1 Å². The average Bonchev–Trinajstić information content (AvgIpc) is 3.35. The molecule has 0 bridgehead atoms. The maximum Gasteiger partial charge on any atom is 0.255 e. The van der Waals surface area contributed by atoms with Gasteiger partial charge in [0.1, 0.15) is 0 Å². The van der Waals surface area contributed by atoms with Crippen LogP contribution in [0.1, 0.15) is 10.4 Å². The Balaban J connectivity index is 1.44. The summed E-state index contributed by atoms with van der Waals surface area (Å²) in [6.45, 7) is -0.0995. The van der Waals surface area contributed by atoms with Crippen molar-refractivity contribution in [1.29, 1.82) is 0 Å². The molecule has 0 saturated heterocycles. The molecule has 150 valence electrons. The molecular weight excluding hydrogens is 420 g/mol. The van der Waals surface area contributed by atoms with Crippen molar-refractivity contribution in [2.24, 2.45) is 0 Å². The predicted octanol–water partition coefficient (Wildman–Crippen LogP) is 3.23. The number of amides is 1. The van der Waals surface area contributed by atoms with Gasteiger partial charge in [-0.1, -0.05) is 18.1 Å². The first-order valence-electron chi connectivity index (χ1n) is 8.83. The molecule has 30 heavy (non-hydrogen) atoms. The molecule has 0 unspecified atom stereocenters. The molecule has 4 rings (SSSR count). The summed E-state index contributed by atoms with van der Waals surface area (Å²) in [6, 6.07) is 13.0. The number of aromatic nitrogens is 2. The van der Waals surface area contributed by atoms with Gasteiger partial charge in [0.05, 0.1) is 17.1 Å². The highest BCUT2D eigenvalue weighted by Crippen LogP contribution is 2.23. The highest BCUT2D eigenvalue weighted by Gasteiger charge is 2.14. The number of rotatable bonds is 6. The Hall–Kier alpha value is -3.45. The van der Waals surface area contributed by atoms with Crippen LogP contribution in [0.5, 0.6) is 0 Å². The zero-order valence-corrected chi connectivity index (χ0v) is 17.2. The molecule has 1 amide bonds. The Kier molecular flexibility index (Phi) is 5.37. The van der Waals surface area contributed by atoms with Crippen LogP contribution in [-0.4, -0.2) is 30.3 Å². The molecule has 2 aromatic carbocycles. The fourth-order valence-electron chi connectivity index (χ4n) is 2.80. The number of nitrogens with one attached hydrogen (secondary N) is 2. The van der Waals surface area contributed by atoms with Crippen LogP contribution in [0.4, 0.5) is 5.69 Å². The van der Waals surface area contributed by atoms with Gasteiger partial charge in [-0.3, -0.25) is 9.20 Å². The van der Waals surface area contributed by atoms with Gasteiger partial charge in [-0.25, -0.2) is 13.4 Å². The van der Waals surface area contributed by atoms with Gasteiger partial charge in [0.15, 0.2) is 4.96 Å². The van der Waals surface area contributed by atoms with E-state index >= 15 is 0 Å². The third-order valence-electron chi connectivity index (χ3n) is 4.32. The highest BCUT2D eigenvalue weighted by molar-refractivity contribution is 7.89. The normalized spacial score (nSPS) is 11.3. The fourth-order valence-corrected chi connectivity index (χ4v) is 4.43. The van der Waals surface area contributed by atoms with Crippen LogP contribution in [0.2, 0.25) is 0 Å². The van der Waals surface area contributed by atoms with E-state index in [-0.39, 0.29) is 17.3 Å². The molecule has 0 aliphatic heterocycles. The van der Waals surface area contributed by atoms with E-state index in [9.17, 15) is 13.2 Å². The van der Waals surface area contributed by atoms with Crippen molar-refractivity contribution in [3.63, 3.8) is 0 Å². The number of nitrogens with zero attached hydrogens (tertiary/aromatic N) is 2. The van der Waals surface area contributed by atoms with Crippen molar-refractivity contribution < 1.29 is 13.2 Å². The number of hydrogen-bond donors (Lipinski definition) is 2. The summed E-state index contributed by atoms with van der Waals surface area (Å²) >= 11 is 1.56. The number of thiazole rings is 1. The van der Waals surface area contributed by atoms with Crippen LogP contribution >= 0.6 is 11.3 Å². The van der Waals surface area contributed by atoms with Crippen LogP contribution in [0, 0.1) is 12.3 Å². The molecule has 0 aliphatic carbocycles. The molecule has 7 nitrogen and oxygen atoms in total. The van der Waals surface area contributed by atoms with Crippen LogP contribution in [-0.2, 0) is 10.0 Å². The summed E-state index contributed by atoms with van der Waals surface area (Å²) in [4.78, 5) is 18.0. The quantitative estimate of drug-likeness (QED) is 0.454. The third-order valence-corrected chi connectivity index (χ3v) is 6.51. The van der Waals surface area contributed by atoms with Gasteiger partial charge in [0, 0.05) is 34.6 Å². The van der Waals surface area contributed by atoms with E-state index in [2.05, 4.69) is 20.9 Å². The first-order chi connectivity index (χ1) is 14.5. The third kappa shape index (κ3) is 4.11. The van der Waals surface area contributed by atoms with Gasteiger partial charge in [0.25, 0.3) is 5.91 Å². The van der Waals surface area contributed by atoms with E-state index in [4.69, 9.17) is 6.42 Å². The van der Waals surface area contributed by atoms with Crippen LogP contribution in [0.3, 0.4) is 0 Å². The minimum Gasteiger partial charge on any atom is -0.322 e. The maximum atomic E-state index is 12.5. The van der Waals surface area contributed by atoms with Crippen molar-refractivity contribution in [3.05, 3.63) is 71.9 Å². The van der Waals surface area contributed by atoms with E-state index in [0.29, 0.717) is 11.3 Å². The summed E-state index contributed by atoms with van der Waals surface area (Å²) in [7, 11) is -3.69. The number of imidazole rings is 1. The number of hydrogen-bond acceptors (Lipinski definition) is 5. The number of anilines is 1. The van der Waals surface area contributed by atoms with E-state index in [1.165, 1.54) is 24.3 Å². The van der Waals surface area contributed by atoms with Gasteiger partial charge < -0.3 is 5.32 Å². The molecule has 0 fully saturated rings. The van der Waals surface area contributed by atoms with Gasteiger partial charge in [-0.05, 0) is 36.4 Å². The smallest absolute Gasteiger partial charge is 0.255 e. The molecule has 2 N–H and O–H groups in total. The summed E-state index contributed by atoms with van der Waals surface area (Å²) in [5, 5.41) is 4.77. The monoisotopic (exact) mass is 436 g/mol. The largest absolute Gasteiger partial charge is 0.322 e. The summed E-state index contributed by atoms with van der Waals surface area (Å²) in [5.74, 6) is 1.87. The number of terminal acetylenes is 1. The zero-order valence-electron chi connectivity index (χ0n) is 15.6. The Morgan fingerprint density at radius 2 is 1.87 bits per heavy atom. The summed E-state index contributed by atoms with van der Waals surface area (Å²) in [5.41, 5.74) is 2.76. The predicted molar refractivity (Wildman–Crippen MR) is 117 cm³/mol. The Morgan fingerprint density at radius 1 is 1.13 bits per heavy atom. The second-order valence-electron chi connectivity index (χ2n) is 6.30. The first kappa shape index (κ1) is 19.8. The molecule has 4 aromatic rings. The van der Waals surface area contributed by atoms with E-state index in [1.807, 2.05) is 34.3 Å². The standard InChI is InChI=1S/C21H16N4O3S2/c1-2-11-22-30(27,28)18-9-5-16(6-10-18)20(26)23-17-7-3-15(4-8-17)19-14-25-12-13-29-21(25)24-19/h1,3-10,12-14,22H,11H2,(H,23,26). The number of benzene rings is 2. The first-order valence-corrected chi connectivity index (χ1v) is 11.2. The SMILES string of the molecule is C#CCNS(=O)(=O)c1ccc(C(=O)Nc2ccc(-c3cn4ccsc4n3)cc2)cc1. The lowest BCUT2D eigenvalue weighted by Gasteiger charge is -2.08. The zero-order chi connectivity index (χ0) is 21.1. The van der Waals surface area contributed by atoms with Crippen molar-refractivity contribution >= 4 is 37.9 Å². The number of sulfonamides is 1. The fraction of sp³-hybridized carbons (Fsp3) is 0.0476. The maximum absolute atomic E-state index is 12.5. The second kappa shape index (κ2) is 8.12. The Labute approximate surface area is 177 Å². The molecule has 9 heteroatoms. The number of fused-ring (bicyclic) bond motifs is 1. The molecule has 0 radical (unpaired) electrons. The summed E-state index contributed by atoms with van der Waals surface area (Å²) < 4.78 is 28.3. The van der Waals surface area contributed by atoms with Crippen molar-refractivity contribution in [3.8, 4) is 23.6 Å². The number of carbonyl (C=O) groups is 1. The van der Waals surface area contributed by atoms with Crippen molar-refractivity contribution in [2.45, 2.75) is 4.90 Å². The molecule has 0 aliphatic rings. The molecule has 0 spiro atoms. The lowest BCUT2D eigenvalue weighted by atomic mass is 10.1. The van der Waals surface area contributed by atoms with Crippen LogP contribution in [0.15, 0.2) is 71.2 Å². The lowest BCUT2D eigenvalue weighted by Crippen LogP contribution is -2.24.